The van der Waals surface area contributed by atoms with Crippen molar-refractivity contribution < 1.29 is 8.42 Å². The first-order chi connectivity index (χ1) is 11.0. The van der Waals surface area contributed by atoms with E-state index in [1.807, 2.05) is 0 Å². The number of nitrogens with zero attached hydrogens (tertiary/aromatic N) is 4. The van der Waals surface area contributed by atoms with E-state index in [2.05, 4.69) is 25.1 Å². The zero-order valence-corrected chi connectivity index (χ0v) is 14.0. The van der Waals surface area contributed by atoms with Gasteiger partial charge in [-0.25, -0.2) is 8.42 Å². The molecule has 7 nitrogen and oxygen atoms in total. The number of nitrogens with one attached hydrogen (secondary N) is 1. The first-order valence-electron chi connectivity index (χ1n) is 7.72. The van der Waals surface area contributed by atoms with Crippen LogP contribution in [-0.2, 0) is 22.8 Å². The van der Waals surface area contributed by atoms with E-state index in [9.17, 15) is 8.42 Å². The number of rotatable bonds is 5. The lowest BCUT2D eigenvalue weighted by Gasteiger charge is -2.32. The van der Waals surface area contributed by atoms with Gasteiger partial charge in [-0.15, -0.1) is 0 Å². The second-order valence-electron chi connectivity index (χ2n) is 6.13. The number of aromatic amines is 1. The Balaban J connectivity index is 1.64. The SMILES string of the molecule is CS(=O)(=O)c1cn[nH]c1C[C@H]1CCCN(Cc2cnccn2)C1. The smallest absolute Gasteiger partial charge is 0.178 e. The van der Waals surface area contributed by atoms with E-state index in [-0.39, 0.29) is 0 Å². The van der Waals surface area contributed by atoms with Crippen LogP contribution in [0, 0.1) is 5.92 Å². The monoisotopic (exact) mass is 335 g/mol. The highest BCUT2D eigenvalue weighted by Crippen LogP contribution is 2.24. The van der Waals surface area contributed by atoms with Crippen molar-refractivity contribution in [3.8, 4) is 0 Å². The van der Waals surface area contributed by atoms with Crippen molar-refractivity contribution in [1.82, 2.24) is 25.1 Å². The highest BCUT2D eigenvalue weighted by Gasteiger charge is 2.24. The van der Waals surface area contributed by atoms with E-state index in [0.717, 1.165) is 43.9 Å². The molecule has 1 aliphatic heterocycles. The van der Waals surface area contributed by atoms with E-state index in [1.54, 1.807) is 18.6 Å². The lowest BCUT2D eigenvalue weighted by Crippen LogP contribution is -2.36. The molecule has 23 heavy (non-hydrogen) atoms. The van der Waals surface area contributed by atoms with Gasteiger partial charge in [0.2, 0.25) is 0 Å². The van der Waals surface area contributed by atoms with E-state index < -0.39 is 9.84 Å². The molecule has 0 spiro atoms. The number of hydrogen-bond donors (Lipinski definition) is 1. The van der Waals surface area contributed by atoms with Gasteiger partial charge in [-0.1, -0.05) is 0 Å². The molecule has 1 saturated heterocycles. The molecule has 1 N–H and O–H groups in total. The third-order valence-corrected chi connectivity index (χ3v) is 5.33. The largest absolute Gasteiger partial charge is 0.297 e. The number of aromatic nitrogens is 4. The molecule has 0 aromatic carbocycles. The normalized spacial score (nSPS) is 19.8. The molecule has 2 aromatic heterocycles. The standard InChI is InChI=1S/C15H21N5O2S/c1-23(21,22)15-9-18-19-14(15)7-12-3-2-6-20(10-12)11-13-8-16-4-5-17-13/h4-5,8-9,12H,2-3,6-7,10-11H2,1H3,(H,18,19)/t12-/m1/s1. The number of hydrogen-bond acceptors (Lipinski definition) is 6. The third kappa shape index (κ3) is 4.14. The van der Waals surface area contributed by atoms with Gasteiger partial charge in [-0.2, -0.15) is 5.10 Å². The highest BCUT2D eigenvalue weighted by molar-refractivity contribution is 7.90. The summed E-state index contributed by atoms with van der Waals surface area (Å²) in [7, 11) is -3.23. The number of H-pyrrole nitrogens is 1. The molecule has 1 atom stereocenters. The minimum atomic E-state index is -3.23. The number of likely N-dealkylation sites (tertiary alicyclic amines) is 1. The van der Waals surface area contributed by atoms with Gasteiger partial charge in [-0.05, 0) is 31.7 Å². The van der Waals surface area contributed by atoms with Crippen LogP contribution in [0.1, 0.15) is 24.2 Å². The molecule has 1 aliphatic rings. The average molecular weight is 335 g/mol. The molecular weight excluding hydrogens is 314 g/mol. The van der Waals surface area contributed by atoms with Crippen LogP contribution in [0.2, 0.25) is 0 Å². The first kappa shape index (κ1) is 16.1. The second kappa shape index (κ2) is 6.76. The molecule has 0 unspecified atom stereocenters. The Morgan fingerprint density at radius 2 is 2.22 bits per heavy atom. The van der Waals surface area contributed by atoms with E-state index in [0.29, 0.717) is 17.2 Å². The summed E-state index contributed by atoms with van der Waals surface area (Å²) in [4.78, 5) is 11.1. The molecule has 2 aromatic rings. The molecule has 0 bridgehead atoms. The second-order valence-corrected chi connectivity index (χ2v) is 8.11. The molecule has 0 amide bonds. The molecule has 3 heterocycles. The lowest BCUT2D eigenvalue weighted by atomic mass is 9.93. The molecule has 3 rings (SSSR count). The predicted molar refractivity (Wildman–Crippen MR) is 85.4 cm³/mol. The fraction of sp³-hybridized carbons (Fsp3) is 0.533. The van der Waals surface area contributed by atoms with Crippen LogP contribution in [0.15, 0.2) is 29.7 Å². The lowest BCUT2D eigenvalue weighted by molar-refractivity contribution is 0.164. The maximum atomic E-state index is 11.8. The van der Waals surface area contributed by atoms with Gasteiger partial charge in [0.1, 0.15) is 4.90 Å². The quantitative estimate of drug-likeness (QED) is 0.878. The third-order valence-electron chi connectivity index (χ3n) is 4.18. The summed E-state index contributed by atoms with van der Waals surface area (Å²) < 4.78 is 23.6. The van der Waals surface area contributed by atoms with Gasteiger partial charge in [0.25, 0.3) is 0 Å². The van der Waals surface area contributed by atoms with Crippen molar-refractivity contribution in [3.63, 3.8) is 0 Å². The Bertz CT molecular complexity index is 744. The topological polar surface area (TPSA) is 91.8 Å². The molecule has 0 aliphatic carbocycles. The number of piperidine rings is 1. The molecular formula is C15H21N5O2S. The van der Waals surface area contributed by atoms with Gasteiger partial charge in [0.05, 0.1) is 17.6 Å². The highest BCUT2D eigenvalue weighted by atomic mass is 32.2. The van der Waals surface area contributed by atoms with Gasteiger partial charge in [0.15, 0.2) is 9.84 Å². The fourth-order valence-electron chi connectivity index (χ4n) is 3.16. The van der Waals surface area contributed by atoms with Crippen molar-refractivity contribution in [1.29, 1.82) is 0 Å². The van der Waals surface area contributed by atoms with Gasteiger partial charge >= 0.3 is 0 Å². The summed E-state index contributed by atoms with van der Waals surface area (Å²) in [5.74, 6) is 0.418. The average Bonchev–Trinajstić information content (AvgIpc) is 2.97. The molecule has 0 radical (unpaired) electrons. The summed E-state index contributed by atoms with van der Waals surface area (Å²) in [5, 5.41) is 6.76. The van der Waals surface area contributed by atoms with Crippen molar-refractivity contribution in [2.75, 3.05) is 19.3 Å². The van der Waals surface area contributed by atoms with Crippen molar-refractivity contribution >= 4 is 9.84 Å². The fourth-order valence-corrected chi connectivity index (χ4v) is 3.98. The molecule has 1 fully saturated rings. The van der Waals surface area contributed by atoms with Crippen LogP contribution in [-0.4, -0.2) is 52.8 Å². The zero-order chi connectivity index (χ0) is 16.3. The van der Waals surface area contributed by atoms with Gasteiger partial charge < -0.3 is 0 Å². The summed E-state index contributed by atoms with van der Waals surface area (Å²) in [5.41, 5.74) is 1.69. The van der Waals surface area contributed by atoms with Crippen molar-refractivity contribution in [2.24, 2.45) is 5.92 Å². The van der Waals surface area contributed by atoms with Crippen LogP contribution in [0.5, 0.6) is 0 Å². The Labute approximate surface area is 136 Å². The molecule has 124 valence electrons. The predicted octanol–water partition coefficient (Wildman–Crippen LogP) is 1.06. The van der Waals surface area contributed by atoms with Crippen molar-refractivity contribution in [3.05, 3.63) is 36.2 Å². The Morgan fingerprint density at radius 3 is 2.96 bits per heavy atom. The van der Waals surface area contributed by atoms with E-state index >= 15 is 0 Å². The van der Waals surface area contributed by atoms with Crippen LogP contribution >= 0.6 is 0 Å². The first-order valence-corrected chi connectivity index (χ1v) is 9.61. The van der Waals surface area contributed by atoms with Crippen LogP contribution in [0.4, 0.5) is 0 Å². The van der Waals surface area contributed by atoms with Crippen LogP contribution in [0.3, 0.4) is 0 Å². The maximum absolute atomic E-state index is 11.8. The molecule has 8 heteroatoms. The van der Waals surface area contributed by atoms with Crippen LogP contribution < -0.4 is 0 Å². The minimum Gasteiger partial charge on any atom is -0.297 e. The van der Waals surface area contributed by atoms with E-state index in [4.69, 9.17) is 0 Å². The number of sulfone groups is 1. The summed E-state index contributed by atoms with van der Waals surface area (Å²) >= 11 is 0. The summed E-state index contributed by atoms with van der Waals surface area (Å²) in [6.45, 7) is 2.75. The Hall–Kier alpha value is -1.80. The van der Waals surface area contributed by atoms with Crippen LogP contribution in [0.25, 0.3) is 0 Å². The minimum absolute atomic E-state index is 0.323. The van der Waals surface area contributed by atoms with E-state index in [1.165, 1.54) is 12.5 Å². The molecule has 0 saturated carbocycles. The van der Waals surface area contributed by atoms with Crippen molar-refractivity contribution in [2.45, 2.75) is 30.7 Å². The summed E-state index contributed by atoms with van der Waals surface area (Å²) in [6, 6.07) is 0. The van der Waals surface area contributed by atoms with Gasteiger partial charge in [0, 0.05) is 37.9 Å². The summed E-state index contributed by atoms with van der Waals surface area (Å²) in [6.07, 6.45) is 10.7. The Kier molecular flexibility index (Phi) is 4.72. The maximum Gasteiger partial charge on any atom is 0.178 e. The zero-order valence-electron chi connectivity index (χ0n) is 13.1. The van der Waals surface area contributed by atoms with Gasteiger partial charge in [-0.3, -0.25) is 20.0 Å². The Morgan fingerprint density at radius 1 is 1.35 bits per heavy atom.